The van der Waals surface area contributed by atoms with Crippen molar-refractivity contribution in [2.75, 3.05) is 0 Å². The third kappa shape index (κ3) is 4.52. The van der Waals surface area contributed by atoms with E-state index in [1.54, 1.807) is 0 Å². The van der Waals surface area contributed by atoms with Crippen molar-refractivity contribution in [2.45, 2.75) is 65.4 Å². The van der Waals surface area contributed by atoms with Crippen molar-refractivity contribution in [2.24, 2.45) is 5.92 Å². The molecular weight excluding hydrogens is 196 g/mol. The van der Waals surface area contributed by atoms with Crippen molar-refractivity contribution in [1.82, 2.24) is 0 Å². The van der Waals surface area contributed by atoms with Crippen molar-refractivity contribution in [1.29, 1.82) is 0 Å². The zero-order valence-electron chi connectivity index (χ0n) is 11.2. The topological polar surface area (TPSA) is 20.2 Å². The van der Waals surface area contributed by atoms with Crippen LogP contribution in [0.5, 0.6) is 0 Å². The normalized spacial score (nSPS) is 31.2. The molecule has 1 aliphatic carbocycles. The van der Waals surface area contributed by atoms with Crippen LogP contribution in [0.4, 0.5) is 0 Å². The molecule has 1 heteroatoms. The predicted octanol–water partition coefficient (Wildman–Crippen LogP) is 4.23. The molecule has 0 amide bonds. The van der Waals surface area contributed by atoms with Gasteiger partial charge in [-0.1, -0.05) is 23.3 Å². The average molecular weight is 222 g/mol. The summed E-state index contributed by atoms with van der Waals surface area (Å²) in [6, 6.07) is 0. The van der Waals surface area contributed by atoms with Crippen LogP contribution < -0.4 is 0 Å². The van der Waals surface area contributed by atoms with Crippen molar-refractivity contribution < 1.29 is 5.11 Å². The van der Waals surface area contributed by atoms with E-state index in [1.807, 2.05) is 13.8 Å². The first-order valence-corrected chi connectivity index (χ1v) is 6.43. The molecule has 0 saturated heterocycles. The molecule has 92 valence electrons. The standard InChI is InChI=1S/C15H26O/c1-12-6-5-7-13(2)9-11-14(10-8-12)15(3,4)16/h6,9,14,16H,5,7-8,10-11H2,1-4H3/b12-6+,13-9-. The van der Waals surface area contributed by atoms with E-state index in [0.29, 0.717) is 5.92 Å². The molecule has 0 aliphatic heterocycles. The predicted molar refractivity (Wildman–Crippen MR) is 70.4 cm³/mol. The highest BCUT2D eigenvalue weighted by molar-refractivity contribution is 5.06. The highest BCUT2D eigenvalue weighted by Crippen LogP contribution is 2.29. The van der Waals surface area contributed by atoms with Gasteiger partial charge in [-0.3, -0.25) is 0 Å². The molecule has 1 unspecified atom stereocenters. The van der Waals surface area contributed by atoms with Crippen LogP contribution in [-0.4, -0.2) is 10.7 Å². The number of allylic oxidation sites excluding steroid dienone is 4. The maximum absolute atomic E-state index is 10.1. The van der Waals surface area contributed by atoms with Crippen LogP contribution in [-0.2, 0) is 0 Å². The van der Waals surface area contributed by atoms with Gasteiger partial charge in [-0.25, -0.2) is 0 Å². The van der Waals surface area contributed by atoms with Crippen LogP contribution in [0.15, 0.2) is 23.3 Å². The summed E-state index contributed by atoms with van der Waals surface area (Å²) in [5.41, 5.74) is 2.38. The van der Waals surface area contributed by atoms with Crippen LogP contribution in [0.1, 0.15) is 59.8 Å². The monoisotopic (exact) mass is 222 g/mol. The minimum absolute atomic E-state index is 0.379. The van der Waals surface area contributed by atoms with Gasteiger partial charge in [-0.15, -0.1) is 0 Å². The molecule has 0 aromatic heterocycles. The molecule has 0 saturated carbocycles. The Hall–Kier alpha value is -0.560. The van der Waals surface area contributed by atoms with Gasteiger partial charge < -0.3 is 5.11 Å². The molecular formula is C15H26O. The Morgan fingerprint density at radius 2 is 1.75 bits per heavy atom. The Morgan fingerprint density at radius 1 is 1.12 bits per heavy atom. The molecule has 0 spiro atoms. The van der Waals surface area contributed by atoms with E-state index in [1.165, 1.54) is 17.6 Å². The maximum atomic E-state index is 10.1. The SMILES string of the molecule is C/C1=C/CC(C(C)(C)O)CC/C(C)=C/CC1. The number of hydrogen-bond donors (Lipinski definition) is 1. The van der Waals surface area contributed by atoms with Crippen molar-refractivity contribution in [3.63, 3.8) is 0 Å². The Bertz CT molecular complexity index is 278. The third-order valence-corrected chi connectivity index (χ3v) is 3.67. The van der Waals surface area contributed by atoms with Gasteiger partial charge in [-0.2, -0.15) is 0 Å². The van der Waals surface area contributed by atoms with Crippen LogP contribution in [0.2, 0.25) is 0 Å². The van der Waals surface area contributed by atoms with E-state index >= 15 is 0 Å². The van der Waals surface area contributed by atoms with Gasteiger partial charge in [0.1, 0.15) is 0 Å². The Labute approximate surface area is 100 Å². The number of aliphatic hydroxyl groups is 1. The molecule has 1 nitrogen and oxygen atoms in total. The first-order valence-electron chi connectivity index (χ1n) is 6.43. The second-order valence-electron chi connectivity index (χ2n) is 5.76. The fourth-order valence-electron chi connectivity index (χ4n) is 2.26. The highest BCUT2D eigenvalue weighted by Gasteiger charge is 2.25. The number of hydrogen-bond acceptors (Lipinski definition) is 1. The molecule has 1 aliphatic rings. The summed E-state index contributed by atoms with van der Waals surface area (Å²) >= 11 is 0. The van der Waals surface area contributed by atoms with E-state index in [4.69, 9.17) is 0 Å². The van der Waals surface area contributed by atoms with Gasteiger partial charge in [0, 0.05) is 0 Å². The molecule has 0 aromatic carbocycles. The molecule has 0 bridgehead atoms. The lowest BCUT2D eigenvalue weighted by molar-refractivity contribution is 0.0145. The average Bonchev–Trinajstić information content (AvgIpc) is 2.15. The van der Waals surface area contributed by atoms with Gasteiger partial charge in [0.25, 0.3) is 0 Å². The summed E-state index contributed by atoms with van der Waals surface area (Å²) in [4.78, 5) is 0. The van der Waals surface area contributed by atoms with E-state index in [9.17, 15) is 5.11 Å². The largest absolute Gasteiger partial charge is 0.390 e. The molecule has 0 radical (unpaired) electrons. The lowest BCUT2D eigenvalue weighted by Crippen LogP contribution is -2.30. The van der Waals surface area contributed by atoms with Gasteiger partial charge in [0.2, 0.25) is 0 Å². The van der Waals surface area contributed by atoms with Gasteiger partial charge in [-0.05, 0) is 65.7 Å². The summed E-state index contributed by atoms with van der Waals surface area (Å²) in [5, 5.41) is 10.1. The van der Waals surface area contributed by atoms with Crippen LogP contribution in [0, 0.1) is 5.92 Å². The zero-order chi connectivity index (χ0) is 12.2. The second kappa shape index (κ2) is 5.67. The summed E-state index contributed by atoms with van der Waals surface area (Å²) < 4.78 is 0. The fourth-order valence-corrected chi connectivity index (χ4v) is 2.26. The third-order valence-electron chi connectivity index (χ3n) is 3.67. The molecule has 0 heterocycles. The summed E-state index contributed by atoms with van der Waals surface area (Å²) in [6.07, 6.45) is 10.2. The lowest BCUT2D eigenvalue weighted by atomic mass is 9.82. The molecule has 0 aromatic rings. The zero-order valence-corrected chi connectivity index (χ0v) is 11.2. The minimum atomic E-state index is -0.559. The number of rotatable bonds is 1. The first-order chi connectivity index (χ1) is 7.39. The van der Waals surface area contributed by atoms with Crippen molar-refractivity contribution >= 4 is 0 Å². The molecule has 0 fully saturated rings. The van der Waals surface area contributed by atoms with Crippen molar-refractivity contribution in [3.05, 3.63) is 23.3 Å². The van der Waals surface area contributed by atoms with Gasteiger partial charge >= 0.3 is 0 Å². The highest BCUT2D eigenvalue weighted by atomic mass is 16.3. The summed E-state index contributed by atoms with van der Waals surface area (Å²) in [5.74, 6) is 0.379. The van der Waals surface area contributed by atoms with Gasteiger partial charge in [0.15, 0.2) is 0 Å². The Balaban J connectivity index is 2.75. The first kappa shape index (κ1) is 13.5. The van der Waals surface area contributed by atoms with E-state index in [0.717, 1.165) is 25.7 Å². The minimum Gasteiger partial charge on any atom is -0.390 e. The van der Waals surface area contributed by atoms with E-state index in [-0.39, 0.29) is 0 Å². The quantitative estimate of drug-likeness (QED) is 0.658. The van der Waals surface area contributed by atoms with Crippen LogP contribution >= 0.6 is 0 Å². The van der Waals surface area contributed by atoms with E-state index < -0.39 is 5.60 Å². The van der Waals surface area contributed by atoms with E-state index in [2.05, 4.69) is 26.0 Å². The van der Waals surface area contributed by atoms with Gasteiger partial charge in [0.05, 0.1) is 5.60 Å². The molecule has 1 N–H and O–H groups in total. The van der Waals surface area contributed by atoms with Crippen LogP contribution in [0.25, 0.3) is 0 Å². The summed E-state index contributed by atoms with van der Waals surface area (Å²) in [6.45, 7) is 8.28. The Kier molecular flexibility index (Phi) is 4.79. The fraction of sp³-hybridized carbons (Fsp3) is 0.733. The van der Waals surface area contributed by atoms with Crippen LogP contribution in [0.3, 0.4) is 0 Å². The van der Waals surface area contributed by atoms with Crippen molar-refractivity contribution in [3.8, 4) is 0 Å². The maximum Gasteiger partial charge on any atom is 0.0622 e. The molecule has 16 heavy (non-hydrogen) atoms. The molecule has 1 rings (SSSR count). The smallest absolute Gasteiger partial charge is 0.0622 e. The Morgan fingerprint density at radius 3 is 2.38 bits per heavy atom. The lowest BCUT2D eigenvalue weighted by Gasteiger charge is -2.29. The molecule has 1 atom stereocenters. The summed E-state index contributed by atoms with van der Waals surface area (Å²) in [7, 11) is 0. The second-order valence-corrected chi connectivity index (χ2v) is 5.76.